The first-order valence-corrected chi connectivity index (χ1v) is 13.2. The van der Waals surface area contributed by atoms with Crippen LogP contribution >= 0.6 is 0 Å². The van der Waals surface area contributed by atoms with Gasteiger partial charge in [0.1, 0.15) is 0 Å². The standard InChI is InChI=1S/C24H32N2.C10H8O2.Ni/c1-15(2)21-13-10-14-22(16(3)4)24(21)26-20(8)19(7)25-23-17(5)11-9-12-18(23)6;11-9-5-7-3-1-2-4-8(7)6-10(9)12;/h9-16H,1-8H3;1-6,11-12H;/q;;+2/p-2. The Hall–Kier alpha value is -3.43. The Balaban J connectivity index is 0.000000341. The first kappa shape index (κ1) is 31.8. The molecule has 0 amide bonds. The van der Waals surface area contributed by atoms with Crippen LogP contribution in [0.3, 0.4) is 0 Å². The number of nitrogens with zero attached hydrogens (tertiary/aromatic N) is 2. The number of benzene rings is 4. The van der Waals surface area contributed by atoms with Gasteiger partial charge in [-0.05, 0) is 72.6 Å². The maximum atomic E-state index is 10.9. The molecule has 0 radical (unpaired) electrons. The van der Waals surface area contributed by atoms with Gasteiger partial charge in [0.15, 0.2) is 0 Å². The molecular formula is C34H38N2NiO2. The molecule has 0 heterocycles. The van der Waals surface area contributed by atoms with Gasteiger partial charge in [0.05, 0.1) is 22.8 Å². The van der Waals surface area contributed by atoms with Crippen molar-refractivity contribution in [2.24, 2.45) is 9.98 Å². The monoisotopic (exact) mass is 564 g/mol. The van der Waals surface area contributed by atoms with Gasteiger partial charge in [0, 0.05) is 0 Å². The van der Waals surface area contributed by atoms with Gasteiger partial charge in [-0.2, -0.15) is 0 Å². The minimum atomic E-state index is -0.436. The molecule has 0 spiro atoms. The predicted octanol–water partition coefficient (Wildman–Crippen LogP) is 8.42. The number of aryl methyl sites for hydroxylation is 2. The summed E-state index contributed by atoms with van der Waals surface area (Å²) < 4.78 is 0. The maximum Gasteiger partial charge on any atom is 2.00 e. The van der Waals surface area contributed by atoms with E-state index in [1.54, 1.807) is 0 Å². The van der Waals surface area contributed by atoms with Crippen LogP contribution < -0.4 is 10.2 Å². The molecule has 0 bridgehead atoms. The summed E-state index contributed by atoms with van der Waals surface area (Å²) in [5.41, 5.74) is 9.11. The van der Waals surface area contributed by atoms with Crippen molar-refractivity contribution in [3.05, 3.63) is 95.1 Å². The summed E-state index contributed by atoms with van der Waals surface area (Å²) in [7, 11) is 0. The summed E-state index contributed by atoms with van der Waals surface area (Å²) in [5, 5.41) is 23.5. The Kier molecular flexibility index (Phi) is 11.5. The van der Waals surface area contributed by atoms with Gasteiger partial charge in [-0.25, -0.2) is 0 Å². The molecule has 4 aromatic carbocycles. The Bertz CT molecular complexity index is 1400. The zero-order valence-corrected chi connectivity index (χ0v) is 25.1. The van der Waals surface area contributed by atoms with Gasteiger partial charge in [0.25, 0.3) is 0 Å². The third-order valence-electron chi connectivity index (χ3n) is 6.68. The molecule has 39 heavy (non-hydrogen) atoms. The van der Waals surface area contributed by atoms with Crippen LogP contribution in [0.5, 0.6) is 11.5 Å². The van der Waals surface area contributed by atoms with Crippen molar-refractivity contribution in [3.8, 4) is 11.5 Å². The smallest absolute Gasteiger partial charge is 0.873 e. The molecule has 206 valence electrons. The van der Waals surface area contributed by atoms with E-state index < -0.39 is 11.5 Å². The third kappa shape index (κ3) is 8.03. The first-order valence-electron chi connectivity index (χ1n) is 13.2. The van der Waals surface area contributed by atoms with Crippen LogP contribution in [0.25, 0.3) is 10.8 Å². The van der Waals surface area contributed by atoms with Gasteiger partial charge in [0.2, 0.25) is 0 Å². The van der Waals surface area contributed by atoms with E-state index in [1.807, 2.05) is 24.3 Å². The zero-order chi connectivity index (χ0) is 28.0. The third-order valence-corrected chi connectivity index (χ3v) is 6.68. The van der Waals surface area contributed by atoms with E-state index in [2.05, 4.69) is 91.8 Å². The van der Waals surface area contributed by atoms with E-state index >= 15 is 0 Å². The predicted molar refractivity (Wildman–Crippen MR) is 159 cm³/mol. The summed E-state index contributed by atoms with van der Waals surface area (Å²) in [6.45, 7) is 17.2. The van der Waals surface area contributed by atoms with E-state index in [0.29, 0.717) is 11.8 Å². The van der Waals surface area contributed by atoms with Crippen molar-refractivity contribution in [3.63, 3.8) is 0 Å². The number of para-hydroxylation sites is 2. The molecule has 4 nitrogen and oxygen atoms in total. The largest absolute Gasteiger partial charge is 2.00 e. The summed E-state index contributed by atoms with van der Waals surface area (Å²) in [6, 6.07) is 22.9. The van der Waals surface area contributed by atoms with Crippen molar-refractivity contribution in [2.45, 2.75) is 67.2 Å². The molecular weight excluding hydrogens is 527 g/mol. The quantitative estimate of drug-likeness (QED) is 0.180. The molecule has 0 saturated heterocycles. The van der Waals surface area contributed by atoms with Crippen LogP contribution in [0.15, 0.2) is 82.8 Å². The minimum absolute atomic E-state index is 0. The Labute approximate surface area is 243 Å². The molecule has 0 unspecified atom stereocenters. The second kappa shape index (κ2) is 14.1. The molecule has 4 aromatic rings. The van der Waals surface area contributed by atoms with Crippen LogP contribution in [0.2, 0.25) is 0 Å². The normalized spacial score (nSPS) is 11.8. The zero-order valence-electron chi connectivity index (χ0n) is 24.1. The minimum Gasteiger partial charge on any atom is -0.873 e. The molecule has 0 aliphatic heterocycles. The molecule has 0 aromatic heterocycles. The fraction of sp³-hybridized carbons (Fsp3) is 0.294. The van der Waals surface area contributed by atoms with E-state index in [0.717, 1.165) is 33.6 Å². The molecule has 0 saturated carbocycles. The van der Waals surface area contributed by atoms with E-state index in [9.17, 15) is 10.2 Å². The SMILES string of the molecule is CC(=Nc1c(C)cccc1C)C(C)=Nc1c(C(C)C)cccc1C(C)C.[Ni+2].[O-]c1cc2ccccc2cc1[O-]. The van der Waals surface area contributed by atoms with Gasteiger partial charge in [-0.15, -0.1) is 11.5 Å². The maximum absolute atomic E-state index is 10.9. The van der Waals surface area contributed by atoms with Crippen LogP contribution in [0, 0.1) is 13.8 Å². The van der Waals surface area contributed by atoms with Crippen molar-refractivity contribution in [1.29, 1.82) is 0 Å². The molecule has 5 heteroatoms. The van der Waals surface area contributed by atoms with Crippen LogP contribution in [0.1, 0.15) is 75.6 Å². The van der Waals surface area contributed by atoms with Gasteiger partial charge in [-0.3, -0.25) is 9.98 Å². The second-order valence-corrected chi connectivity index (χ2v) is 10.4. The first-order chi connectivity index (χ1) is 18.0. The molecule has 0 aliphatic carbocycles. The molecule has 0 N–H and O–H groups in total. The molecule has 0 atom stereocenters. The van der Waals surface area contributed by atoms with Crippen LogP contribution in [-0.2, 0) is 16.5 Å². The second-order valence-electron chi connectivity index (χ2n) is 10.4. The Morgan fingerprint density at radius 3 is 1.38 bits per heavy atom. The van der Waals surface area contributed by atoms with Crippen molar-refractivity contribution < 1.29 is 26.7 Å². The van der Waals surface area contributed by atoms with Crippen LogP contribution in [0.4, 0.5) is 11.4 Å². The molecule has 0 aliphatic rings. The summed E-state index contributed by atoms with van der Waals surface area (Å²) in [5.74, 6) is 0.00890. The molecule has 4 rings (SSSR count). The topological polar surface area (TPSA) is 70.8 Å². The van der Waals surface area contributed by atoms with Gasteiger partial charge in [-0.1, -0.05) is 100 Å². The fourth-order valence-electron chi connectivity index (χ4n) is 4.32. The number of aliphatic imine (C=N–C) groups is 2. The number of rotatable bonds is 5. The average molecular weight is 565 g/mol. The van der Waals surface area contributed by atoms with E-state index in [-0.39, 0.29) is 16.5 Å². The van der Waals surface area contributed by atoms with E-state index in [4.69, 9.17) is 9.98 Å². The average Bonchev–Trinajstić information content (AvgIpc) is 2.87. The fourth-order valence-corrected chi connectivity index (χ4v) is 4.32. The number of hydrogen-bond acceptors (Lipinski definition) is 4. The van der Waals surface area contributed by atoms with Gasteiger partial charge >= 0.3 is 16.5 Å². The van der Waals surface area contributed by atoms with Crippen LogP contribution in [-0.4, -0.2) is 11.4 Å². The summed E-state index contributed by atoms with van der Waals surface area (Å²) >= 11 is 0. The van der Waals surface area contributed by atoms with Crippen molar-refractivity contribution in [1.82, 2.24) is 0 Å². The summed E-state index contributed by atoms with van der Waals surface area (Å²) in [6.07, 6.45) is 0. The molecule has 0 fully saturated rings. The Morgan fingerprint density at radius 2 is 0.974 bits per heavy atom. The van der Waals surface area contributed by atoms with E-state index in [1.165, 1.54) is 34.4 Å². The van der Waals surface area contributed by atoms with Crippen molar-refractivity contribution >= 4 is 33.6 Å². The number of fused-ring (bicyclic) bond motifs is 1. The Morgan fingerprint density at radius 1 is 0.590 bits per heavy atom. The summed E-state index contributed by atoms with van der Waals surface area (Å²) in [4.78, 5) is 9.93. The number of hydrogen-bond donors (Lipinski definition) is 0. The van der Waals surface area contributed by atoms with Gasteiger partial charge < -0.3 is 10.2 Å². The van der Waals surface area contributed by atoms with Crippen molar-refractivity contribution in [2.75, 3.05) is 0 Å².